The lowest BCUT2D eigenvalue weighted by Gasteiger charge is -2.27. The van der Waals surface area contributed by atoms with E-state index in [2.05, 4.69) is 6.92 Å². The van der Waals surface area contributed by atoms with Crippen molar-refractivity contribution in [1.29, 1.82) is 0 Å². The zero-order chi connectivity index (χ0) is 27.5. The van der Waals surface area contributed by atoms with Crippen molar-refractivity contribution in [3.63, 3.8) is 0 Å². The summed E-state index contributed by atoms with van der Waals surface area (Å²) >= 11 is 6.04. The van der Waals surface area contributed by atoms with E-state index in [-0.39, 0.29) is 0 Å². The van der Waals surface area contributed by atoms with E-state index >= 15 is 9.13 Å². The van der Waals surface area contributed by atoms with Gasteiger partial charge in [0.1, 0.15) is 10.9 Å². The van der Waals surface area contributed by atoms with Gasteiger partial charge in [-0.2, -0.15) is 0 Å². The molecule has 0 N–H and O–H groups in total. The van der Waals surface area contributed by atoms with Crippen LogP contribution in [0.1, 0.15) is 19.8 Å². The highest BCUT2D eigenvalue weighted by Crippen LogP contribution is 2.49. The first-order valence-corrected chi connectivity index (χ1v) is 17.0. The number of hydrogen-bond acceptors (Lipinski definition) is 3. The molecular formula is C32H32N2O2P2S. The summed E-state index contributed by atoms with van der Waals surface area (Å²) in [4.78, 5) is 0. The molecule has 5 rings (SSSR count). The molecule has 0 saturated heterocycles. The van der Waals surface area contributed by atoms with Crippen LogP contribution in [0.4, 0.5) is 0 Å². The fourth-order valence-electron chi connectivity index (χ4n) is 5.15. The van der Waals surface area contributed by atoms with Gasteiger partial charge in [-0.1, -0.05) is 135 Å². The zero-order valence-electron chi connectivity index (χ0n) is 22.2. The van der Waals surface area contributed by atoms with E-state index in [1.807, 2.05) is 138 Å². The Bertz CT molecular complexity index is 1630. The van der Waals surface area contributed by atoms with Gasteiger partial charge in [-0.25, -0.2) is 0 Å². The van der Waals surface area contributed by atoms with Gasteiger partial charge in [0.2, 0.25) is 0 Å². The van der Waals surface area contributed by atoms with Crippen LogP contribution in [0.25, 0.3) is 0 Å². The lowest BCUT2D eigenvalue weighted by molar-refractivity contribution is 0.586. The highest BCUT2D eigenvalue weighted by atomic mass is 32.1. The first-order valence-electron chi connectivity index (χ1n) is 13.2. The molecule has 39 heavy (non-hydrogen) atoms. The lowest BCUT2D eigenvalue weighted by atomic mass is 10.3. The van der Waals surface area contributed by atoms with Gasteiger partial charge < -0.3 is 18.3 Å². The zero-order valence-corrected chi connectivity index (χ0v) is 24.8. The Labute approximate surface area is 235 Å². The normalized spacial score (nSPS) is 11.9. The van der Waals surface area contributed by atoms with Crippen molar-refractivity contribution in [1.82, 2.24) is 9.13 Å². The van der Waals surface area contributed by atoms with Gasteiger partial charge in [0, 0.05) is 34.8 Å². The average molecular weight is 571 g/mol. The van der Waals surface area contributed by atoms with Gasteiger partial charge in [-0.15, -0.1) is 0 Å². The van der Waals surface area contributed by atoms with Crippen LogP contribution in [0, 0.1) is 4.77 Å². The van der Waals surface area contributed by atoms with Crippen molar-refractivity contribution in [3.8, 4) is 0 Å². The molecule has 0 fully saturated rings. The van der Waals surface area contributed by atoms with E-state index in [0.717, 1.165) is 12.8 Å². The third-order valence-corrected chi connectivity index (χ3v) is 14.0. The highest BCUT2D eigenvalue weighted by molar-refractivity contribution is 7.90. The van der Waals surface area contributed by atoms with Crippen molar-refractivity contribution in [2.45, 2.75) is 26.3 Å². The predicted octanol–water partition coefficient (Wildman–Crippen LogP) is 5.63. The molecule has 0 aliphatic rings. The molecule has 0 spiro atoms. The van der Waals surface area contributed by atoms with Gasteiger partial charge in [-0.05, 0) is 18.6 Å². The van der Waals surface area contributed by atoms with E-state index in [1.54, 1.807) is 0 Å². The fourth-order valence-corrected chi connectivity index (χ4v) is 12.2. The molecule has 198 valence electrons. The summed E-state index contributed by atoms with van der Waals surface area (Å²) in [6.07, 6.45) is 1.80. The van der Waals surface area contributed by atoms with Crippen molar-refractivity contribution in [2.24, 2.45) is 7.05 Å². The minimum absolute atomic E-state index is 0.521. The molecule has 7 heteroatoms. The number of nitrogens with zero attached hydrogens (tertiary/aromatic N) is 2. The van der Waals surface area contributed by atoms with E-state index in [4.69, 9.17) is 12.2 Å². The maximum atomic E-state index is 15.9. The van der Waals surface area contributed by atoms with Crippen molar-refractivity contribution in [2.75, 3.05) is 0 Å². The molecule has 4 aromatic carbocycles. The monoisotopic (exact) mass is 570 g/mol. The van der Waals surface area contributed by atoms with Crippen LogP contribution in [0.5, 0.6) is 0 Å². The minimum atomic E-state index is -3.53. The summed E-state index contributed by atoms with van der Waals surface area (Å²) < 4.78 is 36.1. The second-order valence-electron chi connectivity index (χ2n) is 9.55. The number of rotatable bonds is 9. The Morgan fingerprint density at radius 1 is 0.590 bits per heavy atom. The molecule has 0 radical (unpaired) electrons. The Balaban J connectivity index is 1.99. The summed E-state index contributed by atoms with van der Waals surface area (Å²) in [5.74, 6) is 0. The Morgan fingerprint density at radius 2 is 0.923 bits per heavy atom. The third kappa shape index (κ3) is 4.74. The topological polar surface area (TPSA) is 44.0 Å². The Kier molecular flexibility index (Phi) is 8.05. The molecule has 0 saturated carbocycles. The minimum Gasteiger partial charge on any atom is -0.316 e. The van der Waals surface area contributed by atoms with Crippen LogP contribution in [0.3, 0.4) is 0 Å². The van der Waals surface area contributed by atoms with E-state index < -0.39 is 14.3 Å². The smallest absolute Gasteiger partial charge is 0.188 e. The predicted molar refractivity (Wildman–Crippen MR) is 168 cm³/mol. The first kappa shape index (κ1) is 27.3. The van der Waals surface area contributed by atoms with Crippen LogP contribution in [0.15, 0.2) is 121 Å². The molecule has 1 aromatic heterocycles. The van der Waals surface area contributed by atoms with Crippen molar-refractivity contribution < 1.29 is 9.13 Å². The lowest BCUT2D eigenvalue weighted by Crippen LogP contribution is -2.43. The van der Waals surface area contributed by atoms with Crippen LogP contribution in [-0.2, 0) is 22.7 Å². The SMILES string of the molecule is CCCCn1c(P(=O)(c2ccccc2)c2ccccc2)c(P(=O)(c2ccccc2)c2ccccc2)n(C)c1=S. The second-order valence-corrected chi connectivity index (χ2v) is 15.3. The number of hydrogen-bond donors (Lipinski definition) is 0. The molecule has 5 aromatic rings. The maximum absolute atomic E-state index is 15.9. The van der Waals surface area contributed by atoms with Crippen molar-refractivity contribution in [3.05, 3.63) is 126 Å². The van der Waals surface area contributed by atoms with Crippen LogP contribution in [0.2, 0.25) is 0 Å². The standard InChI is InChI=1S/C32H32N2O2P2S/c1-3-4-25-34-31(38(36,28-21-13-7-14-22-28)29-23-15-8-16-24-29)30(33(2)32(34)39)37(35,26-17-9-5-10-18-26)27-19-11-6-12-20-27/h5-24H,3-4,25H2,1-2H3. The molecular weight excluding hydrogens is 538 g/mol. The molecule has 0 unspecified atom stereocenters. The quantitative estimate of drug-likeness (QED) is 0.170. The molecule has 0 amide bonds. The number of imidazole rings is 1. The van der Waals surface area contributed by atoms with Gasteiger partial charge in [-0.3, -0.25) is 0 Å². The molecule has 1 heterocycles. The number of aromatic nitrogens is 2. The van der Waals surface area contributed by atoms with Crippen LogP contribution >= 0.6 is 26.5 Å². The molecule has 4 nitrogen and oxygen atoms in total. The van der Waals surface area contributed by atoms with Crippen LogP contribution < -0.4 is 32.1 Å². The first-order chi connectivity index (χ1) is 18.9. The second kappa shape index (κ2) is 11.5. The highest BCUT2D eigenvalue weighted by Gasteiger charge is 2.44. The largest absolute Gasteiger partial charge is 0.316 e. The van der Waals surface area contributed by atoms with Crippen molar-refractivity contribution >= 4 is 58.6 Å². The fraction of sp³-hybridized carbons (Fsp3) is 0.156. The molecule has 0 bridgehead atoms. The Morgan fingerprint density at radius 3 is 1.26 bits per heavy atom. The summed E-state index contributed by atoms with van der Waals surface area (Å²) in [6.45, 7) is 2.71. The van der Waals surface area contributed by atoms with Gasteiger partial charge in [0.05, 0.1) is 0 Å². The van der Waals surface area contributed by atoms with E-state index in [9.17, 15) is 0 Å². The maximum Gasteiger partial charge on any atom is 0.188 e. The summed E-state index contributed by atoms with van der Waals surface area (Å²) in [5.41, 5.74) is 1.08. The van der Waals surface area contributed by atoms with Gasteiger partial charge in [0.15, 0.2) is 19.1 Å². The Hall–Kier alpha value is -3.23. The van der Waals surface area contributed by atoms with E-state index in [1.165, 1.54) is 0 Å². The summed E-state index contributed by atoms with van der Waals surface area (Å²) in [5, 5.41) is 2.75. The van der Waals surface area contributed by atoms with Gasteiger partial charge in [0.25, 0.3) is 0 Å². The molecule has 0 aliphatic carbocycles. The summed E-state index contributed by atoms with van der Waals surface area (Å²) in [6, 6.07) is 38.2. The number of benzene rings is 4. The number of unbranched alkanes of at least 4 members (excludes halogenated alkanes) is 1. The third-order valence-electron chi connectivity index (χ3n) is 7.10. The van der Waals surface area contributed by atoms with Crippen LogP contribution in [-0.4, -0.2) is 9.13 Å². The van der Waals surface area contributed by atoms with E-state index in [0.29, 0.717) is 43.4 Å². The average Bonchev–Trinajstić information content (AvgIpc) is 3.26. The molecule has 0 aliphatic heterocycles. The summed E-state index contributed by atoms with van der Waals surface area (Å²) in [7, 11) is -5.19. The molecule has 0 atom stereocenters. The van der Waals surface area contributed by atoms with Gasteiger partial charge >= 0.3 is 0 Å².